The van der Waals surface area contributed by atoms with Crippen molar-refractivity contribution in [1.82, 2.24) is 0 Å². The quantitative estimate of drug-likeness (QED) is 0.267. The molecule has 0 heterocycles. The van der Waals surface area contributed by atoms with Gasteiger partial charge in [-0.15, -0.1) is 0 Å². The molecule has 0 atom stereocenters. The van der Waals surface area contributed by atoms with Crippen LogP contribution in [0.2, 0.25) is 0 Å². The van der Waals surface area contributed by atoms with Gasteiger partial charge in [0.1, 0.15) is 5.75 Å². The molecule has 0 aliphatic carbocycles. The molecule has 0 fully saturated rings. The van der Waals surface area contributed by atoms with Crippen LogP contribution in [0.1, 0.15) is 128 Å². The average Bonchev–Trinajstić information content (AvgIpc) is 2.92. The molecule has 0 bridgehead atoms. The van der Waals surface area contributed by atoms with Crippen LogP contribution >= 0.6 is 0 Å². The van der Waals surface area contributed by atoms with Crippen LogP contribution in [0.25, 0.3) is 0 Å². The minimum atomic E-state index is 0.195. The number of ether oxygens (including phenoxy) is 1. The fraction of sp³-hybridized carbons (Fsp3) is 0.571. The lowest BCUT2D eigenvalue weighted by atomic mass is 9.74. The molecule has 0 aliphatic heterocycles. The standard InChI is InChI=1S/C14H22O.2C14H22/c1-10(2)14(4,5)12-8-7-11(3)13(9-12)15-6;2*1-10(2)14(5,6)13-8-7-11(3)12(4)9-13/h7-10H,1-6H3;2*7-10H,1-6H3. The SMILES string of the molecule is COc1cc(C(C)(C)C(C)C)ccc1C.Cc1ccc(C(C)(C)C(C)C)cc1C.Cc1ccc(C(C)(C)C(C)C)cc1C. The van der Waals surface area contributed by atoms with Crippen LogP contribution < -0.4 is 4.74 Å². The first kappa shape index (κ1) is 38.5. The first-order chi connectivity index (χ1) is 19.6. The maximum Gasteiger partial charge on any atom is 0.122 e. The Hall–Kier alpha value is -2.54. The van der Waals surface area contributed by atoms with Gasteiger partial charge in [0.05, 0.1) is 7.11 Å². The van der Waals surface area contributed by atoms with Gasteiger partial charge in [-0.1, -0.05) is 132 Å². The highest BCUT2D eigenvalue weighted by atomic mass is 16.5. The molecular formula is C42H66O. The van der Waals surface area contributed by atoms with Crippen LogP contribution in [0.5, 0.6) is 5.75 Å². The van der Waals surface area contributed by atoms with Crippen molar-refractivity contribution in [3.63, 3.8) is 0 Å². The van der Waals surface area contributed by atoms with E-state index in [1.165, 1.54) is 44.5 Å². The van der Waals surface area contributed by atoms with E-state index in [2.05, 4.69) is 172 Å². The van der Waals surface area contributed by atoms with Gasteiger partial charge < -0.3 is 4.74 Å². The zero-order valence-corrected chi connectivity index (χ0v) is 31.3. The highest BCUT2D eigenvalue weighted by molar-refractivity contribution is 5.40. The second kappa shape index (κ2) is 15.5. The van der Waals surface area contributed by atoms with Gasteiger partial charge in [0.15, 0.2) is 0 Å². The number of hydrogen-bond donors (Lipinski definition) is 0. The van der Waals surface area contributed by atoms with E-state index < -0.39 is 0 Å². The van der Waals surface area contributed by atoms with E-state index in [0.717, 1.165) is 5.75 Å². The largest absolute Gasteiger partial charge is 0.496 e. The van der Waals surface area contributed by atoms with E-state index in [0.29, 0.717) is 17.8 Å². The maximum atomic E-state index is 5.36. The Bertz CT molecular complexity index is 1230. The lowest BCUT2D eigenvalue weighted by Gasteiger charge is -2.30. The van der Waals surface area contributed by atoms with Crippen molar-refractivity contribution in [3.05, 3.63) is 99.1 Å². The van der Waals surface area contributed by atoms with Crippen molar-refractivity contribution in [2.45, 2.75) is 134 Å². The fourth-order valence-corrected chi connectivity index (χ4v) is 4.51. The van der Waals surface area contributed by atoms with Gasteiger partial charge in [-0.3, -0.25) is 0 Å². The van der Waals surface area contributed by atoms with Crippen molar-refractivity contribution in [3.8, 4) is 5.75 Å². The van der Waals surface area contributed by atoms with Crippen molar-refractivity contribution in [2.24, 2.45) is 17.8 Å². The fourth-order valence-electron chi connectivity index (χ4n) is 4.51. The van der Waals surface area contributed by atoms with Crippen LogP contribution in [0.15, 0.2) is 54.6 Å². The predicted octanol–water partition coefficient (Wildman–Crippen LogP) is 12.4. The van der Waals surface area contributed by atoms with Gasteiger partial charge in [0.25, 0.3) is 0 Å². The molecule has 0 aliphatic rings. The monoisotopic (exact) mass is 587 g/mol. The summed E-state index contributed by atoms with van der Waals surface area (Å²) in [5, 5.41) is 0. The summed E-state index contributed by atoms with van der Waals surface area (Å²) in [6.45, 7) is 38.3. The van der Waals surface area contributed by atoms with E-state index in [9.17, 15) is 0 Å². The molecule has 0 unspecified atom stereocenters. The lowest BCUT2D eigenvalue weighted by Crippen LogP contribution is -2.24. The van der Waals surface area contributed by atoms with Gasteiger partial charge in [0.2, 0.25) is 0 Å². The zero-order chi connectivity index (χ0) is 33.5. The van der Waals surface area contributed by atoms with E-state index in [1.54, 1.807) is 7.11 Å². The molecule has 0 N–H and O–H groups in total. The minimum Gasteiger partial charge on any atom is -0.496 e. The Kier molecular flexibility index (Phi) is 13.8. The summed E-state index contributed by atoms with van der Waals surface area (Å²) in [6, 6.07) is 20.2. The minimum absolute atomic E-state index is 0.195. The van der Waals surface area contributed by atoms with Crippen LogP contribution in [0.3, 0.4) is 0 Å². The molecule has 0 saturated carbocycles. The smallest absolute Gasteiger partial charge is 0.122 e. The van der Waals surface area contributed by atoms with Crippen molar-refractivity contribution in [2.75, 3.05) is 7.11 Å². The Morgan fingerprint density at radius 1 is 0.419 bits per heavy atom. The topological polar surface area (TPSA) is 9.23 Å². The summed E-state index contributed by atoms with van der Waals surface area (Å²) in [5.41, 5.74) is 11.8. The summed E-state index contributed by atoms with van der Waals surface area (Å²) in [6.07, 6.45) is 0. The van der Waals surface area contributed by atoms with Crippen molar-refractivity contribution in [1.29, 1.82) is 0 Å². The van der Waals surface area contributed by atoms with Crippen LogP contribution in [0, 0.1) is 52.4 Å². The van der Waals surface area contributed by atoms with Gasteiger partial charge >= 0.3 is 0 Å². The summed E-state index contributed by atoms with van der Waals surface area (Å²) in [5.74, 6) is 2.94. The number of rotatable bonds is 7. The third-order valence-corrected chi connectivity index (χ3v) is 11.0. The van der Waals surface area contributed by atoms with Crippen molar-refractivity contribution < 1.29 is 4.74 Å². The molecule has 3 aromatic rings. The van der Waals surface area contributed by atoms with E-state index in [1.807, 2.05) is 0 Å². The van der Waals surface area contributed by atoms with E-state index in [-0.39, 0.29) is 16.2 Å². The summed E-state index contributed by atoms with van der Waals surface area (Å²) in [4.78, 5) is 0. The molecule has 0 spiro atoms. The first-order valence-electron chi connectivity index (χ1n) is 16.4. The Morgan fingerprint density at radius 3 is 0.953 bits per heavy atom. The Morgan fingerprint density at radius 2 is 0.698 bits per heavy atom. The molecule has 0 saturated heterocycles. The molecule has 240 valence electrons. The summed E-state index contributed by atoms with van der Waals surface area (Å²) in [7, 11) is 1.73. The first-order valence-corrected chi connectivity index (χ1v) is 16.4. The van der Waals surface area contributed by atoms with Crippen LogP contribution in [-0.2, 0) is 16.2 Å². The molecule has 1 nitrogen and oxygen atoms in total. The third kappa shape index (κ3) is 9.99. The second-order valence-electron chi connectivity index (χ2n) is 15.4. The number of benzene rings is 3. The zero-order valence-electron chi connectivity index (χ0n) is 31.3. The highest BCUT2D eigenvalue weighted by Gasteiger charge is 2.26. The molecule has 3 rings (SSSR count). The maximum absolute atomic E-state index is 5.36. The van der Waals surface area contributed by atoms with E-state index in [4.69, 9.17) is 4.74 Å². The Labute approximate surface area is 267 Å². The number of hydrogen-bond acceptors (Lipinski definition) is 1. The van der Waals surface area contributed by atoms with Gasteiger partial charge in [-0.25, -0.2) is 0 Å². The average molecular weight is 587 g/mol. The summed E-state index contributed by atoms with van der Waals surface area (Å²) < 4.78 is 5.36. The van der Waals surface area contributed by atoms with Gasteiger partial charge in [0, 0.05) is 0 Å². The van der Waals surface area contributed by atoms with Crippen LogP contribution in [-0.4, -0.2) is 7.11 Å². The predicted molar refractivity (Wildman–Crippen MR) is 193 cm³/mol. The molecule has 0 aromatic heterocycles. The van der Waals surface area contributed by atoms with Gasteiger partial charge in [-0.2, -0.15) is 0 Å². The summed E-state index contributed by atoms with van der Waals surface area (Å²) >= 11 is 0. The molecule has 3 aromatic carbocycles. The molecule has 0 radical (unpaired) electrons. The van der Waals surface area contributed by atoms with Crippen molar-refractivity contribution >= 4 is 0 Å². The molecular weight excluding hydrogens is 520 g/mol. The highest BCUT2D eigenvalue weighted by Crippen LogP contribution is 2.35. The molecule has 1 heteroatoms. The number of methoxy groups -OCH3 is 1. The molecule has 0 amide bonds. The van der Waals surface area contributed by atoms with E-state index >= 15 is 0 Å². The van der Waals surface area contributed by atoms with Crippen LogP contribution in [0.4, 0.5) is 0 Å². The number of aryl methyl sites for hydroxylation is 5. The Balaban J connectivity index is 0.000000323. The lowest BCUT2D eigenvalue weighted by molar-refractivity contribution is 0.366. The van der Waals surface area contributed by atoms with Gasteiger partial charge in [-0.05, 0) is 119 Å². The third-order valence-electron chi connectivity index (χ3n) is 11.0. The normalized spacial score (nSPS) is 12.1. The second-order valence-corrected chi connectivity index (χ2v) is 15.4. The molecule has 43 heavy (non-hydrogen) atoms.